The van der Waals surface area contributed by atoms with Gasteiger partial charge in [0.15, 0.2) is 24.4 Å². The van der Waals surface area contributed by atoms with Gasteiger partial charge in [-0.15, -0.1) is 0 Å². The summed E-state index contributed by atoms with van der Waals surface area (Å²) in [5.41, 5.74) is 0. The molecule has 1 aliphatic heterocycles. The van der Waals surface area contributed by atoms with Crippen LogP contribution < -0.4 is 0 Å². The van der Waals surface area contributed by atoms with Crippen LogP contribution in [0.2, 0.25) is 0 Å². The largest absolute Gasteiger partial charge is 0.484 e. The minimum Gasteiger partial charge on any atom is -0.484 e. The molecule has 0 unspecified atom stereocenters. The Kier molecular flexibility index (Phi) is 6.75. The van der Waals surface area contributed by atoms with Crippen LogP contribution in [-0.4, -0.2) is 54.9 Å². The third-order valence-electron chi connectivity index (χ3n) is 2.96. The van der Waals surface area contributed by atoms with Crippen LogP contribution in [0.5, 0.6) is 0 Å². The van der Waals surface area contributed by atoms with Crippen molar-refractivity contribution in [2.75, 3.05) is 6.61 Å². The summed E-state index contributed by atoms with van der Waals surface area (Å²) in [5, 5.41) is 0. The highest BCUT2D eigenvalue weighted by atomic mass is 16.7. The fourth-order valence-electron chi connectivity index (χ4n) is 2.19. The van der Waals surface area contributed by atoms with E-state index in [-0.39, 0.29) is 12.4 Å². The lowest BCUT2D eigenvalue weighted by molar-refractivity contribution is -0.215. The molecule has 4 atom stereocenters. The first-order chi connectivity index (χ1) is 11.1. The van der Waals surface area contributed by atoms with Gasteiger partial charge in [-0.05, 0) is 0 Å². The van der Waals surface area contributed by atoms with Gasteiger partial charge < -0.3 is 23.7 Å². The van der Waals surface area contributed by atoms with E-state index in [2.05, 4.69) is 6.58 Å². The SMILES string of the molecule is C=C1O[C@H](COC(C)=O)[C@@H](OC(C)=O)[C@H](OC(C)=O)[C@H]1OC(C)=O. The molecule has 1 aliphatic rings. The number of hydrogen-bond acceptors (Lipinski definition) is 9. The number of carbonyl (C=O) groups is 4. The van der Waals surface area contributed by atoms with Crippen molar-refractivity contribution in [3.63, 3.8) is 0 Å². The van der Waals surface area contributed by atoms with E-state index in [0.717, 1.165) is 20.8 Å². The van der Waals surface area contributed by atoms with Crippen LogP contribution in [0, 0.1) is 0 Å². The van der Waals surface area contributed by atoms with Crippen LogP contribution in [0.4, 0.5) is 0 Å². The zero-order valence-electron chi connectivity index (χ0n) is 13.9. The zero-order chi connectivity index (χ0) is 18.4. The molecule has 9 nitrogen and oxygen atoms in total. The number of carbonyl (C=O) groups excluding carboxylic acids is 4. The Balaban J connectivity index is 3.13. The minimum absolute atomic E-state index is 0.0167. The first-order valence-electron chi connectivity index (χ1n) is 7.12. The van der Waals surface area contributed by atoms with Crippen molar-refractivity contribution >= 4 is 23.9 Å². The Labute approximate surface area is 138 Å². The fourth-order valence-corrected chi connectivity index (χ4v) is 2.19. The fraction of sp³-hybridized carbons (Fsp3) is 0.600. The van der Waals surface area contributed by atoms with Crippen molar-refractivity contribution in [2.45, 2.75) is 52.1 Å². The Morgan fingerprint density at radius 3 is 1.83 bits per heavy atom. The van der Waals surface area contributed by atoms with Gasteiger partial charge in [-0.1, -0.05) is 6.58 Å². The molecule has 0 aromatic rings. The molecule has 1 rings (SSSR count). The van der Waals surface area contributed by atoms with Crippen molar-refractivity contribution in [2.24, 2.45) is 0 Å². The zero-order valence-corrected chi connectivity index (χ0v) is 13.9. The predicted molar refractivity (Wildman–Crippen MR) is 77.3 cm³/mol. The van der Waals surface area contributed by atoms with E-state index >= 15 is 0 Å². The topological polar surface area (TPSA) is 114 Å². The Morgan fingerprint density at radius 2 is 1.38 bits per heavy atom. The second kappa shape index (κ2) is 8.32. The summed E-state index contributed by atoms with van der Waals surface area (Å²) in [6.45, 7) is 8.01. The van der Waals surface area contributed by atoms with Crippen LogP contribution in [-0.2, 0) is 42.9 Å². The number of ether oxygens (including phenoxy) is 5. The van der Waals surface area contributed by atoms with Gasteiger partial charge in [0.2, 0.25) is 0 Å². The highest BCUT2D eigenvalue weighted by Gasteiger charge is 2.49. The number of rotatable bonds is 5. The molecule has 9 heteroatoms. The van der Waals surface area contributed by atoms with Crippen LogP contribution in [0.3, 0.4) is 0 Å². The number of hydrogen-bond donors (Lipinski definition) is 0. The molecule has 0 bridgehead atoms. The summed E-state index contributed by atoms with van der Waals surface area (Å²) in [4.78, 5) is 45.1. The third-order valence-corrected chi connectivity index (χ3v) is 2.96. The molecule has 0 aliphatic carbocycles. The molecule has 0 saturated carbocycles. The van der Waals surface area contributed by atoms with Crippen LogP contribution >= 0.6 is 0 Å². The average Bonchev–Trinajstić information content (AvgIpc) is 2.42. The normalized spacial score (nSPS) is 25.9. The highest BCUT2D eigenvalue weighted by Crippen LogP contribution is 2.30. The van der Waals surface area contributed by atoms with Gasteiger partial charge >= 0.3 is 23.9 Å². The second-order valence-corrected chi connectivity index (χ2v) is 5.10. The smallest absolute Gasteiger partial charge is 0.303 e. The van der Waals surface area contributed by atoms with Crippen LogP contribution in [0.15, 0.2) is 12.3 Å². The number of esters is 4. The Hall–Kier alpha value is -2.58. The Bertz CT molecular complexity index is 539. The second-order valence-electron chi connectivity index (χ2n) is 5.10. The van der Waals surface area contributed by atoms with E-state index < -0.39 is 48.3 Å². The quantitative estimate of drug-likeness (QED) is 0.511. The van der Waals surface area contributed by atoms with Crippen molar-refractivity contribution in [3.05, 3.63) is 12.3 Å². The first-order valence-corrected chi connectivity index (χ1v) is 7.12. The average molecular weight is 344 g/mol. The molecule has 0 radical (unpaired) electrons. The molecule has 0 amide bonds. The van der Waals surface area contributed by atoms with Crippen molar-refractivity contribution in [1.29, 1.82) is 0 Å². The third kappa shape index (κ3) is 5.56. The van der Waals surface area contributed by atoms with Gasteiger partial charge in [0, 0.05) is 27.7 Å². The molecule has 24 heavy (non-hydrogen) atoms. The lowest BCUT2D eigenvalue weighted by Crippen LogP contribution is -2.57. The van der Waals surface area contributed by atoms with Crippen LogP contribution in [0.1, 0.15) is 27.7 Å². The molecule has 0 aromatic heterocycles. The molecule has 0 N–H and O–H groups in total. The van der Waals surface area contributed by atoms with Crippen LogP contribution in [0.25, 0.3) is 0 Å². The highest BCUT2D eigenvalue weighted by molar-refractivity contribution is 5.69. The summed E-state index contributed by atoms with van der Waals surface area (Å²) in [5.74, 6) is -2.62. The van der Waals surface area contributed by atoms with Gasteiger partial charge in [0.05, 0.1) is 0 Å². The summed E-state index contributed by atoms with van der Waals surface area (Å²) in [7, 11) is 0. The predicted octanol–water partition coefficient (Wildman–Crippen LogP) is 0.257. The van der Waals surface area contributed by atoms with E-state index in [1.165, 1.54) is 6.92 Å². The summed E-state index contributed by atoms with van der Waals surface area (Å²) in [6.07, 6.45) is -4.47. The van der Waals surface area contributed by atoms with Crippen molar-refractivity contribution in [3.8, 4) is 0 Å². The maximum absolute atomic E-state index is 11.4. The molecule has 1 fully saturated rings. The maximum atomic E-state index is 11.4. The van der Waals surface area contributed by atoms with E-state index in [1.54, 1.807) is 0 Å². The molecule has 134 valence electrons. The van der Waals surface area contributed by atoms with Gasteiger partial charge in [0.1, 0.15) is 12.4 Å². The lowest BCUT2D eigenvalue weighted by Gasteiger charge is -2.41. The van der Waals surface area contributed by atoms with E-state index in [4.69, 9.17) is 23.7 Å². The molecule has 1 saturated heterocycles. The van der Waals surface area contributed by atoms with Gasteiger partial charge in [0.25, 0.3) is 0 Å². The van der Waals surface area contributed by atoms with E-state index in [9.17, 15) is 19.2 Å². The lowest BCUT2D eigenvalue weighted by atomic mass is 9.97. The minimum atomic E-state index is -1.18. The van der Waals surface area contributed by atoms with Crippen molar-refractivity contribution < 1.29 is 42.9 Å². The summed E-state index contributed by atoms with van der Waals surface area (Å²) in [6, 6.07) is 0. The molecular weight excluding hydrogens is 324 g/mol. The molecule has 0 aromatic carbocycles. The molecule has 1 heterocycles. The van der Waals surface area contributed by atoms with Gasteiger partial charge in [-0.3, -0.25) is 19.2 Å². The monoisotopic (exact) mass is 344 g/mol. The van der Waals surface area contributed by atoms with Crippen molar-refractivity contribution in [1.82, 2.24) is 0 Å². The van der Waals surface area contributed by atoms with Gasteiger partial charge in [-0.25, -0.2) is 0 Å². The van der Waals surface area contributed by atoms with Gasteiger partial charge in [-0.2, -0.15) is 0 Å². The Morgan fingerprint density at radius 1 is 0.875 bits per heavy atom. The standard InChI is InChI=1S/C15H20O9/c1-7-13(22-9(3)17)15(24-11(5)19)14(23-10(4)18)12(21-7)6-20-8(2)16/h12-15H,1,6H2,2-5H3/t12-,13+,14-,15-/m1/s1. The molecule has 0 spiro atoms. The first kappa shape index (κ1) is 19.5. The summed E-state index contributed by atoms with van der Waals surface area (Å²) < 4.78 is 25.7. The summed E-state index contributed by atoms with van der Waals surface area (Å²) >= 11 is 0. The van der Waals surface area contributed by atoms with E-state index in [1.807, 2.05) is 0 Å². The van der Waals surface area contributed by atoms with E-state index in [0.29, 0.717) is 0 Å². The maximum Gasteiger partial charge on any atom is 0.303 e. The molecular formula is C15H20O9.